The summed E-state index contributed by atoms with van der Waals surface area (Å²) in [6, 6.07) is 9.86. The van der Waals surface area contributed by atoms with Gasteiger partial charge < -0.3 is 20.6 Å². The van der Waals surface area contributed by atoms with Gasteiger partial charge in [-0.25, -0.2) is 13.6 Å². The van der Waals surface area contributed by atoms with Crippen LogP contribution in [0.2, 0.25) is 0 Å². The van der Waals surface area contributed by atoms with Crippen LogP contribution >= 0.6 is 0 Å². The molecule has 2 aromatic rings. The minimum absolute atomic E-state index is 0.0642. The third kappa shape index (κ3) is 4.16. The number of hydrogen-bond donors (Lipinski definition) is 2. The Hall–Kier alpha value is -2.93. The topological polar surface area (TPSA) is 69.8 Å². The van der Waals surface area contributed by atoms with Crippen LogP contribution in [0.15, 0.2) is 48.5 Å². The highest BCUT2D eigenvalue weighted by Gasteiger charge is 2.43. The molecule has 1 aliphatic rings. The van der Waals surface area contributed by atoms with E-state index in [1.807, 2.05) is 12.1 Å². The molecule has 0 aliphatic carbocycles. The molecule has 0 saturated carbocycles. The number of phenols is 1. The molecule has 3 N–H and O–H groups in total. The van der Waals surface area contributed by atoms with E-state index in [0.717, 1.165) is 12.1 Å². The molecule has 0 radical (unpaired) electrons. The van der Waals surface area contributed by atoms with Gasteiger partial charge in [-0.15, -0.1) is 0 Å². The van der Waals surface area contributed by atoms with Crippen LogP contribution in [-0.4, -0.2) is 48.1 Å². The predicted octanol–water partition coefficient (Wildman–Crippen LogP) is 4.08. The fourth-order valence-corrected chi connectivity index (χ4v) is 4.07. The van der Waals surface area contributed by atoms with Crippen LogP contribution < -0.4 is 5.73 Å². The lowest BCUT2D eigenvalue weighted by molar-refractivity contribution is 0.109. The van der Waals surface area contributed by atoms with Gasteiger partial charge in [0.25, 0.3) is 0 Å². The third-order valence-electron chi connectivity index (χ3n) is 5.50. The molecule has 0 bridgehead atoms. The van der Waals surface area contributed by atoms with Crippen molar-refractivity contribution in [2.45, 2.75) is 24.8 Å². The lowest BCUT2D eigenvalue weighted by atomic mass is 9.77. The molecular formula is C23H27F2N3O2. The number of urea groups is 1. The average Bonchev–Trinajstić information content (AvgIpc) is 2.73. The van der Waals surface area contributed by atoms with Gasteiger partial charge in [0.1, 0.15) is 17.4 Å². The fraction of sp³-hybridized carbons (Fsp3) is 0.348. The van der Waals surface area contributed by atoms with Crippen LogP contribution in [0.3, 0.4) is 0 Å². The van der Waals surface area contributed by atoms with Crippen molar-refractivity contribution in [1.29, 1.82) is 0 Å². The largest absolute Gasteiger partial charge is 0.508 e. The van der Waals surface area contributed by atoms with Crippen molar-refractivity contribution in [3.63, 3.8) is 0 Å². The Morgan fingerprint density at radius 1 is 1.23 bits per heavy atom. The highest BCUT2D eigenvalue weighted by molar-refractivity contribution is 5.79. The SMILES string of the molecule is CN(C)C(=O)N1CCC(c2cc(F)ccc2F)=CC1(CCCN)c1cccc(O)c1. The number of hydrogen-bond acceptors (Lipinski definition) is 3. The average molecular weight is 415 g/mol. The number of halogens is 2. The van der Waals surface area contributed by atoms with E-state index in [2.05, 4.69) is 0 Å². The Morgan fingerprint density at radius 2 is 2.00 bits per heavy atom. The van der Waals surface area contributed by atoms with Crippen LogP contribution in [0.1, 0.15) is 30.4 Å². The van der Waals surface area contributed by atoms with Crippen molar-refractivity contribution in [2.75, 3.05) is 27.2 Å². The lowest BCUT2D eigenvalue weighted by Gasteiger charge is -2.47. The van der Waals surface area contributed by atoms with Gasteiger partial charge in [0.15, 0.2) is 0 Å². The maximum Gasteiger partial charge on any atom is 0.320 e. The van der Waals surface area contributed by atoms with Crippen LogP contribution in [0.4, 0.5) is 13.6 Å². The van der Waals surface area contributed by atoms with Crippen molar-refractivity contribution in [3.8, 4) is 5.75 Å². The van der Waals surface area contributed by atoms with Gasteiger partial charge in [0.2, 0.25) is 0 Å². The molecule has 1 unspecified atom stereocenters. The summed E-state index contributed by atoms with van der Waals surface area (Å²) >= 11 is 0. The molecular weight excluding hydrogens is 388 g/mol. The van der Waals surface area contributed by atoms with Crippen molar-refractivity contribution >= 4 is 11.6 Å². The van der Waals surface area contributed by atoms with Gasteiger partial charge in [-0.05, 0) is 67.3 Å². The molecule has 160 valence electrons. The second kappa shape index (κ2) is 8.83. The number of rotatable bonds is 5. The fourth-order valence-electron chi connectivity index (χ4n) is 4.07. The van der Waals surface area contributed by atoms with E-state index in [4.69, 9.17) is 5.73 Å². The number of phenolic OH excluding ortho intramolecular Hbond substituents is 1. The van der Waals surface area contributed by atoms with E-state index >= 15 is 0 Å². The van der Waals surface area contributed by atoms with Crippen molar-refractivity contribution in [1.82, 2.24) is 9.80 Å². The van der Waals surface area contributed by atoms with E-state index in [0.29, 0.717) is 43.5 Å². The Labute approximate surface area is 175 Å². The minimum atomic E-state index is -0.953. The lowest BCUT2D eigenvalue weighted by Crippen LogP contribution is -2.54. The standard InChI is InChI=1S/C23H27F2N3O2/c1-27(2)22(30)28-12-9-16(20-14-18(24)7-8-21(20)25)15-23(28,10-4-11-26)17-5-3-6-19(29)13-17/h3,5-8,13-15,29H,4,9-12,26H2,1-2H3. The quantitative estimate of drug-likeness (QED) is 0.773. The summed E-state index contributed by atoms with van der Waals surface area (Å²) in [6.07, 6.45) is 3.29. The first-order valence-electron chi connectivity index (χ1n) is 9.94. The number of aromatic hydroxyl groups is 1. The number of amides is 2. The summed E-state index contributed by atoms with van der Waals surface area (Å²) < 4.78 is 28.4. The maximum atomic E-state index is 14.6. The second-order valence-electron chi connectivity index (χ2n) is 7.74. The van der Waals surface area contributed by atoms with Crippen LogP contribution in [-0.2, 0) is 5.54 Å². The zero-order chi connectivity index (χ0) is 21.9. The molecule has 1 atom stereocenters. The summed E-state index contributed by atoms with van der Waals surface area (Å²) in [5.74, 6) is -0.975. The first kappa shape index (κ1) is 21.8. The van der Waals surface area contributed by atoms with E-state index in [1.54, 1.807) is 37.2 Å². The highest BCUT2D eigenvalue weighted by Crippen LogP contribution is 2.43. The van der Waals surface area contributed by atoms with E-state index in [1.165, 1.54) is 11.0 Å². The molecule has 0 fully saturated rings. The molecule has 2 aromatic carbocycles. The normalized spacial score (nSPS) is 18.8. The van der Waals surface area contributed by atoms with Crippen LogP contribution in [0, 0.1) is 11.6 Å². The monoisotopic (exact) mass is 415 g/mol. The molecule has 5 nitrogen and oxygen atoms in total. The molecule has 7 heteroatoms. The summed E-state index contributed by atoms with van der Waals surface area (Å²) in [7, 11) is 3.34. The first-order chi connectivity index (χ1) is 14.3. The van der Waals surface area contributed by atoms with Gasteiger partial charge >= 0.3 is 6.03 Å². The highest BCUT2D eigenvalue weighted by atomic mass is 19.1. The number of carbonyl (C=O) groups excluding carboxylic acids is 1. The maximum absolute atomic E-state index is 14.6. The number of benzene rings is 2. The Morgan fingerprint density at radius 3 is 2.67 bits per heavy atom. The Bertz CT molecular complexity index is 961. The van der Waals surface area contributed by atoms with Gasteiger partial charge in [-0.3, -0.25) is 0 Å². The third-order valence-corrected chi connectivity index (χ3v) is 5.50. The molecule has 3 rings (SSSR count). The van der Waals surface area contributed by atoms with Gasteiger partial charge in [-0.2, -0.15) is 0 Å². The summed E-state index contributed by atoms with van der Waals surface area (Å²) in [5, 5.41) is 10.1. The molecule has 0 saturated heterocycles. The molecule has 1 aliphatic heterocycles. The van der Waals surface area contributed by atoms with E-state index < -0.39 is 17.2 Å². The van der Waals surface area contributed by atoms with Crippen LogP contribution in [0.5, 0.6) is 5.75 Å². The predicted molar refractivity (Wildman–Crippen MR) is 113 cm³/mol. The van der Waals surface area contributed by atoms with Crippen LogP contribution in [0.25, 0.3) is 5.57 Å². The molecule has 30 heavy (non-hydrogen) atoms. The van der Waals surface area contributed by atoms with Crippen molar-refractivity contribution in [3.05, 3.63) is 71.3 Å². The van der Waals surface area contributed by atoms with Gasteiger partial charge in [-0.1, -0.05) is 18.2 Å². The summed E-state index contributed by atoms with van der Waals surface area (Å²) in [4.78, 5) is 16.3. The van der Waals surface area contributed by atoms with Gasteiger partial charge in [0.05, 0.1) is 5.54 Å². The van der Waals surface area contributed by atoms with E-state index in [-0.39, 0.29) is 17.3 Å². The van der Waals surface area contributed by atoms with Gasteiger partial charge in [0, 0.05) is 26.2 Å². The molecule has 0 aromatic heterocycles. The Balaban J connectivity index is 2.25. The number of carbonyl (C=O) groups is 1. The summed E-state index contributed by atoms with van der Waals surface area (Å²) in [5.41, 5.74) is 6.34. The minimum Gasteiger partial charge on any atom is -0.508 e. The summed E-state index contributed by atoms with van der Waals surface area (Å²) in [6.45, 7) is 0.723. The number of nitrogens with two attached hydrogens (primary N) is 1. The van der Waals surface area contributed by atoms with Crippen molar-refractivity contribution < 1.29 is 18.7 Å². The number of nitrogens with zero attached hydrogens (tertiary/aromatic N) is 2. The molecule has 2 amide bonds. The van der Waals surface area contributed by atoms with E-state index in [9.17, 15) is 18.7 Å². The second-order valence-corrected chi connectivity index (χ2v) is 7.74. The molecule has 0 spiro atoms. The Kier molecular flexibility index (Phi) is 6.41. The zero-order valence-corrected chi connectivity index (χ0v) is 17.2. The van der Waals surface area contributed by atoms with Crippen molar-refractivity contribution in [2.24, 2.45) is 5.73 Å². The zero-order valence-electron chi connectivity index (χ0n) is 17.2. The smallest absolute Gasteiger partial charge is 0.320 e. The molecule has 1 heterocycles. The first-order valence-corrected chi connectivity index (χ1v) is 9.94.